The Morgan fingerprint density at radius 2 is 2.16 bits per heavy atom. The minimum atomic E-state index is -0.578. The molecule has 0 fully saturated rings. The number of esters is 1. The van der Waals surface area contributed by atoms with Gasteiger partial charge >= 0.3 is 5.97 Å². The fourth-order valence-electron chi connectivity index (χ4n) is 2.21. The average molecular weight is 360 g/mol. The van der Waals surface area contributed by atoms with Gasteiger partial charge in [0, 0.05) is 18.3 Å². The van der Waals surface area contributed by atoms with Crippen LogP contribution < -0.4 is 5.32 Å². The number of anilines is 1. The van der Waals surface area contributed by atoms with Crippen molar-refractivity contribution in [3.63, 3.8) is 0 Å². The summed E-state index contributed by atoms with van der Waals surface area (Å²) in [5, 5.41) is 7.13. The number of carbonyl (C=O) groups excluding carboxylic acids is 2. The van der Waals surface area contributed by atoms with Gasteiger partial charge in [0.25, 0.3) is 5.91 Å². The van der Waals surface area contributed by atoms with Gasteiger partial charge in [-0.15, -0.1) is 0 Å². The summed E-state index contributed by atoms with van der Waals surface area (Å²) in [5.74, 6) is -1.07. The van der Waals surface area contributed by atoms with Crippen LogP contribution in [0, 0.1) is 0 Å². The van der Waals surface area contributed by atoms with Crippen LogP contribution in [0.3, 0.4) is 0 Å². The highest BCUT2D eigenvalue weighted by atomic mass is 35.5. The van der Waals surface area contributed by atoms with E-state index in [1.54, 1.807) is 48.1 Å². The van der Waals surface area contributed by atoms with Gasteiger partial charge in [0.1, 0.15) is 18.3 Å². The SMILES string of the molecule is Cn1cccc1C(=O)OCC(=O)Nc1cc(Cl)ccc1-n1cncn1. The molecule has 3 aromatic rings. The fraction of sp³-hybridized carbons (Fsp3) is 0.125. The van der Waals surface area contributed by atoms with Crippen molar-refractivity contribution in [2.45, 2.75) is 0 Å². The first-order valence-electron chi connectivity index (χ1n) is 7.27. The van der Waals surface area contributed by atoms with Gasteiger partial charge in [-0.25, -0.2) is 14.5 Å². The Morgan fingerprint density at radius 1 is 1.32 bits per heavy atom. The summed E-state index contributed by atoms with van der Waals surface area (Å²) >= 11 is 5.99. The minimum Gasteiger partial charge on any atom is -0.451 e. The molecule has 0 aliphatic carbocycles. The van der Waals surface area contributed by atoms with Crippen molar-refractivity contribution in [2.75, 3.05) is 11.9 Å². The summed E-state index contributed by atoms with van der Waals surface area (Å²) < 4.78 is 8.12. The van der Waals surface area contributed by atoms with E-state index < -0.39 is 18.5 Å². The molecule has 1 N–H and O–H groups in total. The number of nitrogens with one attached hydrogen (secondary N) is 1. The minimum absolute atomic E-state index is 0.360. The number of rotatable bonds is 5. The highest BCUT2D eigenvalue weighted by molar-refractivity contribution is 6.31. The molecule has 1 amide bonds. The summed E-state index contributed by atoms with van der Waals surface area (Å²) in [5.41, 5.74) is 1.38. The number of aryl methyl sites for hydroxylation is 1. The van der Waals surface area contributed by atoms with Crippen LogP contribution in [0.1, 0.15) is 10.5 Å². The lowest BCUT2D eigenvalue weighted by molar-refractivity contribution is -0.119. The zero-order valence-electron chi connectivity index (χ0n) is 13.2. The Hall–Kier alpha value is -3.13. The van der Waals surface area contributed by atoms with Crippen LogP contribution in [-0.2, 0) is 16.6 Å². The van der Waals surface area contributed by atoms with Crippen molar-refractivity contribution >= 4 is 29.2 Å². The molecule has 9 heteroatoms. The predicted octanol–water partition coefficient (Wildman–Crippen LogP) is 2.05. The van der Waals surface area contributed by atoms with Gasteiger partial charge in [-0.3, -0.25) is 4.79 Å². The first-order chi connectivity index (χ1) is 12.0. The summed E-state index contributed by atoms with van der Waals surface area (Å²) in [6.07, 6.45) is 4.59. The number of nitrogens with zero attached hydrogens (tertiary/aromatic N) is 4. The van der Waals surface area contributed by atoms with Crippen molar-refractivity contribution in [1.29, 1.82) is 0 Å². The molecule has 3 rings (SSSR count). The summed E-state index contributed by atoms with van der Waals surface area (Å²) in [6, 6.07) is 8.27. The van der Waals surface area contributed by atoms with E-state index in [0.29, 0.717) is 22.1 Å². The number of carbonyl (C=O) groups is 2. The predicted molar refractivity (Wildman–Crippen MR) is 90.7 cm³/mol. The number of ether oxygens (including phenoxy) is 1. The van der Waals surface area contributed by atoms with Crippen LogP contribution in [0.2, 0.25) is 5.02 Å². The summed E-state index contributed by atoms with van der Waals surface area (Å²) in [7, 11) is 1.72. The molecule has 0 unspecified atom stereocenters. The Balaban J connectivity index is 1.68. The molecule has 0 spiro atoms. The molecule has 0 atom stereocenters. The molecular weight excluding hydrogens is 346 g/mol. The second-order valence-electron chi connectivity index (χ2n) is 5.13. The first-order valence-corrected chi connectivity index (χ1v) is 7.65. The average Bonchev–Trinajstić information content (AvgIpc) is 3.24. The topological polar surface area (TPSA) is 91.0 Å². The molecule has 2 heterocycles. The Morgan fingerprint density at radius 3 is 2.84 bits per heavy atom. The number of halogens is 1. The maximum atomic E-state index is 12.1. The van der Waals surface area contributed by atoms with Crippen LogP contribution in [0.5, 0.6) is 0 Å². The standard InChI is InChI=1S/C16H14ClN5O3/c1-21-6-2-3-14(21)16(24)25-8-15(23)20-12-7-11(17)4-5-13(12)22-10-18-9-19-22/h2-7,9-10H,8H2,1H3,(H,20,23). The van der Waals surface area contributed by atoms with Gasteiger partial charge in [0.15, 0.2) is 6.61 Å². The van der Waals surface area contributed by atoms with E-state index in [2.05, 4.69) is 15.4 Å². The third kappa shape index (κ3) is 3.86. The molecule has 2 aromatic heterocycles. The number of aromatic nitrogens is 4. The van der Waals surface area contributed by atoms with Crippen LogP contribution in [-0.4, -0.2) is 37.8 Å². The van der Waals surface area contributed by atoms with Gasteiger partial charge in [-0.1, -0.05) is 11.6 Å². The third-order valence-electron chi connectivity index (χ3n) is 3.39. The number of benzene rings is 1. The van der Waals surface area contributed by atoms with Gasteiger partial charge in [-0.2, -0.15) is 5.10 Å². The lowest BCUT2D eigenvalue weighted by Gasteiger charge is -2.11. The summed E-state index contributed by atoms with van der Waals surface area (Å²) in [4.78, 5) is 27.9. The second-order valence-corrected chi connectivity index (χ2v) is 5.57. The normalized spacial score (nSPS) is 10.5. The van der Waals surface area contributed by atoms with Crippen LogP contribution in [0.15, 0.2) is 49.2 Å². The molecule has 0 aliphatic heterocycles. The molecular formula is C16H14ClN5O3. The molecule has 8 nitrogen and oxygen atoms in total. The van der Waals surface area contributed by atoms with Crippen molar-refractivity contribution < 1.29 is 14.3 Å². The quantitative estimate of drug-likeness (QED) is 0.704. The lowest BCUT2D eigenvalue weighted by Crippen LogP contribution is -2.22. The molecule has 1 aromatic carbocycles. The highest BCUT2D eigenvalue weighted by Gasteiger charge is 2.14. The van der Waals surface area contributed by atoms with E-state index in [0.717, 1.165) is 0 Å². The fourth-order valence-corrected chi connectivity index (χ4v) is 2.38. The third-order valence-corrected chi connectivity index (χ3v) is 3.62. The maximum absolute atomic E-state index is 12.1. The van der Waals surface area contributed by atoms with Crippen LogP contribution >= 0.6 is 11.6 Å². The van der Waals surface area contributed by atoms with Crippen molar-refractivity contribution in [3.8, 4) is 5.69 Å². The van der Waals surface area contributed by atoms with Crippen LogP contribution in [0.4, 0.5) is 5.69 Å². The van der Waals surface area contributed by atoms with Gasteiger partial charge in [0.05, 0.1) is 11.4 Å². The Bertz CT molecular complexity index is 904. The number of hydrogen-bond donors (Lipinski definition) is 1. The Labute approximate surface area is 148 Å². The second kappa shape index (κ2) is 7.18. The van der Waals surface area contributed by atoms with E-state index >= 15 is 0 Å². The van der Waals surface area contributed by atoms with Crippen molar-refractivity contribution in [1.82, 2.24) is 19.3 Å². The van der Waals surface area contributed by atoms with E-state index in [-0.39, 0.29) is 0 Å². The van der Waals surface area contributed by atoms with E-state index in [1.165, 1.54) is 17.3 Å². The van der Waals surface area contributed by atoms with Crippen molar-refractivity contribution in [2.24, 2.45) is 7.05 Å². The molecule has 25 heavy (non-hydrogen) atoms. The number of hydrogen-bond acceptors (Lipinski definition) is 5. The zero-order chi connectivity index (χ0) is 17.8. The molecule has 128 valence electrons. The smallest absolute Gasteiger partial charge is 0.355 e. The van der Waals surface area contributed by atoms with E-state index in [4.69, 9.17) is 16.3 Å². The monoisotopic (exact) mass is 359 g/mol. The van der Waals surface area contributed by atoms with E-state index in [9.17, 15) is 9.59 Å². The van der Waals surface area contributed by atoms with Gasteiger partial charge < -0.3 is 14.6 Å². The molecule has 0 saturated heterocycles. The molecule has 0 bridgehead atoms. The maximum Gasteiger partial charge on any atom is 0.355 e. The first kappa shape index (κ1) is 16.7. The van der Waals surface area contributed by atoms with E-state index in [1.807, 2.05) is 0 Å². The number of amides is 1. The van der Waals surface area contributed by atoms with Crippen LogP contribution in [0.25, 0.3) is 5.69 Å². The zero-order valence-corrected chi connectivity index (χ0v) is 14.0. The van der Waals surface area contributed by atoms with Gasteiger partial charge in [-0.05, 0) is 30.3 Å². The summed E-state index contributed by atoms with van der Waals surface area (Å²) in [6.45, 7) is -0.423. The Kier molecular flexibility index (Phi) is 4.80. The lowest BCUT2D eigenvalue weighted by atomic mass is 10.2. The molecule has 0 saturated carbocycles. The molecule has 0 radical (unpaired) electrons. The largest absolute Gasteiger partial charge is 0.451 e. The van der Waals surface area contributed by atoms with Crippen molar-refractivity contribution in [3.05, 3.63) is 59.9 Å². The highest BCUT2D eigenvalue weighted by Crippen LogP contribution is 2.23. The van der Waals surface area contributed by atoms with Gasteiger partial charge in [0.2, 0.25) is 0 Å². The molecule has 0 aliphatic rings.